The molecule has 0 saturated heterocycles. The number of thiophene rings is 1. The van der Waals surface area contributed by atoms with Crippen LogP contribution in [0.3, 0.4) is 0 Å². The number of benzene rings is 4. The number of rotatable bonds is 5. The van der Waals surface area contributed by atoms with Gasteiger partial charge in [-0.2, -0.15) is 11.3 Å². The first-order chi connectivity index (χ1) is 23.1. The van der Waals surface area contributed by atoms with Crippen molar-refractivity contribution in [1.29, 1.82) is 0 Å². The van der Waals surface area contributed by atoms with Crippen LogP contribution in [0.2, 0.25) is 17.3 Å². The van der Waals surface area contributed by atoms with E-state index >= 15 is 0 Å². The molecular weight excluding hydrogens is 841 g/mol. The fourth-order valence-corrected chi connectivity index (χ4v) is 12.0. The van der Waals surface area contributed by atoms with Gasteiger partial charge in [-0.05, 0) is 63.3 Å². The first-order valence-electron chi connectivity index (χ1n) is 17.3. The molecule has 0 amide bonds. The molecule has 4 aromatic carbocycles. The molecule has 3 aromatic heterocycles. The minimum atomic E-state index is -1.77. The Balaban J connectivity index is 0.000000198. The first-order valence-corrected chi connectivity index (χ1v) is 24.9. The Bertz CT molecular complexity index is 2230. The summed E-state index contributed by atoms with van der Waals surface area (Å²) in [5, 5.41) is 5.15. The normalized spacial score (nSPS) is 15.1. The zero-order valence-electron chi connectivity index (χ0n) is 29.4. The van der Waals surface area contributed by atoms with Crippen molar-refractivity contribution >= 4 is 59.9 Å². The third kappa shape index (κ3) is 7.10. The van der Waals surface area contributed by atoms with Gasteiger partial charge in [-0.15, -0.1) is 23.8 Å². The maximum Gasteiger partial charge on any atom is 0.0352 e. The SMILES string of the molecule is Cc1cc(-c2[c-]cccc2)nc[c]1[Ge]([CH3])([CH3])[CH3].[2H]C(C)(c1ccnc(-c2[c-]ccc3c2sc2ccc4ccccc4c23)c1)C1CCCC1.[Ir]. The van der Waals surface area contributed by atoms with Gasteiger partial charge in [-0.3, -0.25) is 0 Å². The van der Waals surface area contributed by atoms with Crippen LogP contribution in [0, 0.1) is 25.0 Å². The van der Waals surface area contributed by atoms with Crippen molar-refractivity contribution in [2.24, 2.45) is 5.92 Å². The van der Waals surface area contributed by atoms with Gasteiger partial charge in [0.15, 0.2) is 0 Å². The van der Waals surface area contributed by atoms with Gasteiger partial charge in [-0.25, -0.2) is 0 Å². The molecule has 8 rings (SSSR count). The summed E-state index contributed by atoms with van der Waals surface area (Å²) in [5.41, 5.74) is 6.52. The number of aromatic nitrogens is 2. The third-order valence-corrected chi connectivity index (χ3v) is 15.3. The zero-order chi connectivity index (χ0) is 33.5. The quantitative estimate of drug-likeness (QED) is 0.127. The second-order valence-electron chi connectivity index (χ2n) is 13.9. The summed E-state index contributed by atoms with van der Waals surface area (Å²) in [5.74, 6) is 7.06. The van der Waals surface area contributed by atoms with Crippen LogP contribution >= 0.6 is 11.3 Å². The summed E-state index contributed by atoms with van der Waals surface area (Å²) < 4.78 is 13.1. The van der Waals surface area contributed by atoms with E-state index in [0.717, 1.165) is 40.9 Å². The van der Waals surface area contributed by atoms with E-state index in [-0.39, 0.29) is 20.1 Å². The number of pyridine rings is 2. The van der Waals surface area contributed by atoms with Crippen LogP contribution in [0.25, 0.3) is 53.5 Å². The summed E-state index contributed by atoms with van der Waals surface area (Å²) in [7, 11) is 0. The summed E-state index contributed by atoms with van der Waals surface area (Å²) >= 11 is 0.0459. The molecule has 1 atom stereocenters. The fraction of sp³-hybridized carbons (Fsp3) is 0.256. The molecule has 3 heterocycles. The second kappa shape index (κ2) is 14.8. The van der Waals surface area contributed by atoms with Crippen molar-refractivity contribution in [2.75, 3.05) is 0 Å². The van der Waals surface area contributed by atoms with Crippen molar-refractivity contribution in [2.45, 2.75) is 62.7 Å². The van der Waals surface area contributed by atoms with E-state index in [1.165, 1.54) is 53.7 Å². The largest absolute Gasteiger partial charge is 0.305 e. The third-order valence-electron chi connectivity index (χ3n) is 9.66. The number of nitrogens with zero attached hydrogens (tertiary/aromatic N) is 2. The predicted octanol–water partition coefficient (Wildman–Crippen LogP) is 11.8. The maximum absolute atomic E-state index is 9.13. The zero-order valence-corrected chi connectivity index (χ0v) is 33.7. The van der Waals surface area contributed by atoms with Gasteiger partial charge in [0, 0.05) is 32.4 Å². The van der Waals surface area contributed by atoms with Crippen molar-refractivity contribution in [3.05, 3.63) is 127 Å². The number of hydrogen-bond donors (Lipinski definition) is 0. The van der Waals surface area contributed by atoms with Crippen LogP contribution in [0.5, 0.6) is 0 Å². The Kier molecular flexibility index (Phi) is 10.3. The van der Waals surface area contributed by atoms with Gasteiger partial charge >= 0.3 is 106 Å². The van der Waals surface area contributed by atoms with E-state index in [0.29, 0.717) is 5.92 Å². The number of hydrogen-bond acceptors (Lipinski definition) is 3. The monoisotopic (exact) mass is 886 g/mol. The van der Waals surface area contributed by atoms with Crippen LogP contribution in [0.4, 0.5) is 0 Å². The van der Waals surface area contributed by atoms with E-state index in [2.05, 4.69) is 115 Å². The van der Waals surface area contributed by atoms with Crippen LogP contribution < -0.4 is 4.40 Å². The summed E-state index contributed by atoms with van der Waals surface area (Å²) in [6.45, 7) is 4.28. The summed E-state index contributed by atoms with van der Waals surface area (Å²) in [6.07, 6.45) is 8.76. The average molecular weight is 885 g/mol. The number of fused-ring (bicyclic) bond motifs is 5. The van der Waals surface area contributed by atoms with E-state index < -0.39 is 19.2 Å². The second-order valence-corrected chi connectivity index (χ2v) is 25.5. The summed E-state index contributed by atoms with van der Waals surface area (Å²) in [4.78, 5) is 9.32. The van der Waals surface area contributed by atoms with E-state index in [1.807, 2.05) is 47.9 Å². The smallest absolute Gasteiger partial charge is 0.0352 e. The minimum absolute atomic E-state index is 0. The molecule has 1 saturated carbocycles. The van der Waals surface area contributed by atoms with Gasteiger partial charge < -0.3 is 4.98 Å². The van der Waals surface area contributed by atoms with Gasteiger partial charge in [0.05, 0.1) is 0 Å². The van der Waals surface area contributed by atoms with Gasteiger partial charge in [-0.1, -0.05) is 67.1 Å². The molecular formula is C43H42GeIrN2S-2. The topological polar surface area (TPSA) is 25.8 Å². The average Bonchev–Trinajstić information content (AvgIpc) is 3.78. The molecule has 48 heavy (non-hydrogen) atoms. The summed E-state index contributed by atoms with van der Waals surface area (Å²) in [6, 6.07) is 38.3. The Labute approximate surface area is 307 Å². The molecule has 0 spiro atoms. The molecule has 7 aromatic rings. The van der Waals surface area contributed by atoms with Crippen LogP contribution in [-0.4, -0.2) is 23.2 Å². The molecule has 1 aliphatic rings. The van der Waals surface area contributed by atoms with E-state index in [4.69, 9.17) is 6.35 Å². The number of aryl methyl sites for hydroxylation is 1. The molecule has 5 heteroatoms. The first kappa shape index (κ1) is 33.4. The Morgan fingerprint density at radius 3 is 2.40 bits per heavy atom. The van der Waals surface area contributed by atoms with Crippen molar-refractivity contribution < 1.29 is 21.5 Å². The Morgan fingerprint density at radius 1 is 0.854 bits per heavy atom. The van der Waals surface area contributed by atoms with Crippen molar-refractivity contribution in [3.8, 4) is 22.5 Å². The fourth-order valence-electron chi connectivity index (χ4n) is 7.15. The van der Waals surface area contributed by atoms with Crippen LogP contribution in [0.1, 0.15) is 51.0 Å². The Hall–Kier alpha value is -3.15. The Morgan fingerprint density at radius 2 is 1.65 bits per heavy atom. The predicted molar refractivity (Wildman–Crippen MR) is 206 cm³/mol. The van der Waals surface area contributed by atoms with Crippen LogP contribution in [-0.2, 0) is 20.1 Å². The molecule has 1 radical (unpaired) electrons. The molecule has 0 N–H and O–H groups in total. The van der Waals surface area contributed by atoms with Crippen molar-refractivity contribution in [3.63, 3.8) is 0 Å². The molecule has 1 fully saturated rings. The van der Waals surface area contributed by atoms with Crippen LogP contribution in [0.15, 0.2) is 103 Å². The van der Waals surface area contributed by atoms with E-state index in [9.17, 15) is 0 Å². The minimum Gasteiger partial charge on any atom is -0.305 e. The standard InChI is InChI=1S/C28H24NS.C15H18GeN.Ir/c1-18(19-7-2-3-8-19)21-15-16-29-25(17-21)23-11-6-12-24-27-22-10-5-4-9-20(22)13-14-26(27)30-28(23)24;1-12-10-15(13-8-6-5-7-9-13)17-11-14(12)16(2,3)4;/h4-6,9-10,12-19H,2-3,7-8H2,1H3;5-8,10-11H,1-4H3;/q2*-1;/i18D;;. The molecule has 1 aliphatic carbocycles. The molecule has 0 bridgehead atoms. The van der Waals surface area contributed by atoms with Gasteiger partial charge in [0.25, 0.3) is 0 Å². The molecule has 1 unspecified atom stereocenters. The van der Waals surface area contributed by atoms with Gasteiger partial charge in [0.2, 0.25) is 0 Å². The molecule has 0 aliphatic heterocycles. The molecule has 2 nitrogen and oxygen atoms in total. The van der Waals surface area contributed by atoms with Crippen molar-refractivity contribution in [1.82, 2.24) is 9.97 Å². The molecule has 245 valence electrons. The van der Waals surface area contributed by atoms with Gasteiger partial charge in [0.1, 0.15) is 0 Å². The van der Waals surface area contributed by atoms with E-state index in [1.54, 1.807) is 0 Å². The maximum atomic E-state index is 9.13.